The first-order chi connectivity index (χ1) is 10.2. The molecule has 0 saturated heterocycles. The summed E-state index contributed by atoms with van der Waals surface area (Å²) in [6.45, 7) is 0.648. The molecule has 6 rings (SSSR count). The van der Waals surface area contributed by atoms with Crippen LogP contribution in [-0.4, -0.2) is 16.7 Å². The summed E-state index contributed by atoms with van der Waals surface area (Å²) in [7, 11) is 0. The van der Waals surface area contributed by atoms with E-state index in [0.717, 1.165) is 42.3 Å². The van der Waals surface area contributed by atoms with Crippen molar-refractivity contribution in [2.24, 2.45) is 23.5 Å². The van der Waals surface area contributed by atoms with Gasteiger partial charge in [0.1, 0.15) is 0 Å². The molecule has 5 saturated carbocycles. The zero-order valence-electron chi connectivity index (χ0n) is 12.7. The van der Waals surface area contributed by atoms with Gasteiger partial charge in [0.2, 0.25) is 5.89 Å². The van der Waals surface area contributed by atoms with Gasteiger partial charge in [-0.05, 0) is 69.1 Å². The van der Waals surface area contributed by atoms with Crippen molar-refractivity contribution in [3.05, 3.63) is 11.7 Å². The van der Waals surface area contributed by atoms with E-state index in [1.165, 1.54) is 44.9 Å². The fraction of sp³-hybridized carbons (Fsp3) is 0.882. The second-order valence-electron chi connectivity index (χ2n) is 8.46. The molecular weight excluding hydrogens is 262 g/mol. The summed E-state index contributed by atoms with van der Waals surface area (Å²) in [5.41, 5.74) is 6.24. The minimum Gasteiger partial charge on any atom is -0.339 e. The highest BCUT2D eigenvalue weighted by molar-refractivity contribution is 5.19. The zero-order valence-corrected chi connectivity index (χ0v) is 12.7. The van der Waals surface area contributed by atoms with E-state index >= 15 is 0 Å². The number of rotatable bonds is 3. The Labute approximate surface area is 125 Å². The van der Waals surface area contributed by atoms with E-state index in [4.69, 9.17) is 15.2 Å². The molecule has 5 aliphatic carbocycles. The summed E-state index contributed by atoms with van der Waals surface area (Å²) >= 11 is 0. The molecule has 0 spiro atoms. The molecule has 0 aromatic carbocycles. The van der Waals surface area contributed by atoms with Crippen LogP contribution in [0, 0.1) is 17.8 Å². The molecule has 0 radical (unpaired) electrons. The summed E-state index contributed by atoms with van der Waals surface area (Å²) in [4.78, 5) is 4.91. The van der Waals surface area contributed by atoms with Crippen molar-refractivity contribution in [2.75, 3.05) is 6.54 Å². The zero-order chi connectivity index (χ0) is 14.1. The Hall–Kier alpha value is -0.900. The van der Waals surface area contributed by atoms with Crippen LogP contribution in [0.1, 0.15) is 69.5 Å². The standard InChI is InChI=1S/C17H25N3O/c18-10-16(2-1-3-16)15-19-14(20-21-15)17-7-11-4-12(8-17)6-13(5-11)9-17/h11-13H,1-10,18H2. The minimum absolute atomic E-state index is 0.00748. The maximum Gasteiger partial charge on any atom is 0.234 e. The maximum atomic E-state index is 5.99. The maximum absolute atomic E-state index is 5.99. The van der Waals surface area contributed by atoms with Crippen LogP contribution in [0.15, 0.2) is 4.52 Å². The van der Waals surface area contributed by atoms with Crippen LogP contribution < -0.4 is 5.73 Å². The molecule has 5 fully saturated rings. The van der Waals surface area contributed by atoms with Crippen LogP contribution >= 0.6 is 0 Å². The van der Waals surface area contributed by atoms with Gasteiger partial charge in [-0.2, -0.15) is 4.98 Å². The van der Waals surface area contributed by atoms with Gasteiger partial charge < -0.3 is 10.3 Å². The summed E-state index contributed by atoms with van der Waals surface area (Å²) in [6, 6.07) is 0. The highest BCUT2D eigenvalue weighted by Gasteiger charge is 2.54. The molecule has 4 bridgehead atoms. The molecule has 0 amide bonds. The SMILES string of the molecule is NCC1(c2nc(C34CC5CC(CC(C5)C3)C4)no2)CCC1. The molecule has 4 nitrogen and oxygen atoms in total. The number of hydrogen-bond donors (Lipinski definition) is 1. The first-order valence-electron chi connectivity index (χ1n) is 8.76. The van der Waals surface area contributed by atoms with E-state index in [9.17, 15) is 0 Å². The van der Waals surface area contributed by atoms with Crippen molar-refractivity contribution in [2.45, 2.75) is 68.6 Å². The summed E-state index contributed by atoms with van der Waals surface area (Å²) < 4.78 is 5.71. The second kappa shape index (κ2) is 4.09. The fourth-order valence-corrected chi connectivity index (χ4v) is 6.15. The molecule has 21 heavy (non-hydrogen) atoms. The third-order valence-corrected chi connectivity index (χ3v) is 7.09. The number of nitrogens with two attached hydrogens (primary N) is 1. The highest BCUT2D eigenvalue weighted by Crippen LogP contribution is 2.60. The van der Waals surface area contributed by atoms with Crippen molar-refractivity contribution in [1.82, 2.24) is 10.1 Å². The molecule has 0 atom stereocenters. The summed E-state index contributed by atoms with van der Waals surface area (Å²) in [6.07, 6.45) is 11.7. The van der Waals surface area contributed by atoms with Crippen molar-refractivity contribution < 1.29 is 4.52 Å². The third-order valence-electron chi connectivity index (χ3n) is 7.09. The van der Waals surface area contributed by atoms with Gasteiger partial charge >= 0.3 is 0 Å². The first kappa shape index (κ1) is 12.6. The van der Waals surface area contributed by atoms with Crippen molar-refractivity contribution >= 4 is 0 Å². The monoisotopic (exact) mass is 287 g/mol. The Morgan fingerprint density at radius 3 is 2.14 bits per heavy atom. The van der Waals surface area contributed by atoms with Gasteiger partial charge in [0.05, 0.1) is 5.41 Å². The van der Waals surface area contributed by atoms with Gasteiger partial charge in [0, 0.05) is 12.0 Å². The molecule has 1 aromatic rings. The molecular formula is C17H25N3O. The van der Waals surface area contributed by atoms with Crippen molar-refractivity contribution in [1.29, 1.82) is 0 Å². The second-order valence-corrected chi connectivity index (χ2v) is 8.46. The third kappa shape index (κ3) is 1.65. The Bertz CT molecular complexity index is 519. The van der Waals surface area contributed by atoms with E-state index in [1.54, 1.807) is 0 Å². The topological polar surface area (TPSA) is 64.9 Å². The van der Waals surface area contributed by atoms with Gasteiger partial charge in [0.15, 0.2) is 5.82 Å². The lowest BCUT2D eigenvalue weighted by atomic mass is 9.49. The first-order valence-corrected chi connectivity index (χ1v) is 8.76. The van der Waals surface area contributed by atoms with Crippen molar-refractivity contribution in [3.63, 3.8) is 0 Å². The molecule has 114 valence electrons. The lowest BCUT2D eigenvalue weighted by Crippen LogP contribution is -2.49. The largest absolute Gasteiger partial charge is 0.339 e. The van der Waals surface area contributed by atoms with Gasteiger partial charge in [-0.3, -0.25) is 0 Å². The predicted octanol–water partition coefficient (Wildman–Crippen LogP) is 2.92. The predicted molar refractivity (Wildman–Crippen MR) is 78.7 cm³/mol. The van der Waals surface area contributed by atoms with Gasteiger partial charge in [-0.1, -0.05) is 11.6 Å². The minimum atomic E-state index is 0.00748. The average molecular weight is 287 g/mol. The Kier molecular flexibility index (Phi) is 2.46. The number of aromatic nitrogens is 2. The average Bonchev–Trinajstić information content (AvgIpc) is 2.87. The fourth-order valence-electron chi connectivity index (χ4n) is 6.15. The molecule has 1 heterocycles. The van der Waals surface area contributed by atoms with Crippen LogP contribution in [0.5, 0.6) is 0 Å². The molecule has 5 aliphatic rings. The number of hydrogen-bond acceptors (Lipinski definition) is 4. The lowest BCUT2D eigenvalue weighted by molar-refractivity contribution is -0.0103. The van der Waals surface area contributed by atoms with Crippen LogP contribution in [0.25, 0.3) is 0 Å². The Balaban J connectivity index is 1.49. The summed E-state index contributed by atoms with van der Waals surface area (Å²) in [5.74, 6) is 4.62. The Morgan fingerprint density at radius 2 is 1.67 bits per heavy atom. The molecule has 0 unspecified atom stereocenters. The van der Waals surface area contributed by atoms with E-state index in [1.807, 2.05) is 0 Å². The van der Waals surface area contributed by atoms with E-state index in [-0.39, 0.29) is 10.8 Å². The smallest absolute Gasteiger partial charge is 0.234 e. The lowest BCUT2D eigenvalue weighted by Gasteiger charge is -2.55. The molecule has 4 heteroatoms. The van der Waals surface area contributed by atoms with Crippen molar-refractivity contribution in [3.8, 4) is 0 Å². The molecule has 0 aliphatic heterocycles. The summed E-state index contributed by atoms with van der Waals surface area (Å²) in [5, 5.41) is 4.46. The highest BCUT2D eigenvalue weighted by atomic mass is 16.5. The van der Waals surface area contributed by atoms with Crippen LogP contribution in [0.4, 0.5) is 0 Å². The van der Waals surface area contributed by atoms with E-state index < -0.39 is 0 Å². The van der Waals surface area contributed by atoms with Crippen LogP contribution in [-0.2, 0) is 10.8 Å². The van der Waals surface area contributed by atoms with Crippen LogP contribution in [0.2, 0.25) is 0 Å². The van der Waals surface area contributed by atoms with E-state index in [2.05, 4.69) is 5.16 Å². The number of nitrogens with zero attached hydrogens (tertiary/aromatic N) is 2. The van der Waals surface area contributed by atoms with Gasteiger partial charge in [0.25, 0.3) is 0 Å². The Morgan fingerprint density at radius 1 is 1.05 bits per heavy atom. The quantitative estimate of drug-likeness (QED) is 0.928. The van der Waals surface area contributed by atoms with Gasteiger partial charge in [-0.15, -0.1) is 0 Å². The van der Waals surface area contributed by atoms with Gasteiger partial charge in [-0.25, -0.2) is 0 Å². The molecule has 2 N–H and O–H groups in total. The normalized spacial score (nSPS) is 43.0. The molecule has 1 aromatic heterocycles. The van der Waals surface area contributed by atoms with E-state index in [0.29, 0.717) is 6.54 Å². The van der Waals surface area contributed by atoms with Crippen LogP contribution in [0.3, 0.4) is 0 Å².